The fourth-order valence-corrected chi connectivity index (χ4v) is 2.26. The number of carbonyl (C=O) groups excluding carboxylic acids is 1. The van der Waals surface area contributed by atoms with E-state index < -0.39 is 0 Å². The molecule has 1 aromatic carbocycles. The average Bonchev–Trinajstić information content (AvgIpc) is 2.54. The van der Waals surface area contributed by atoms with Gasteiger partial charge in [0.2, 0.25) is 5.91 Å². The van der Waals surface area contributed by atoms with Gasteiger partial charge in [-0.1, -0.05) is 38.3 Å². The zero-order valence-corrected chi connectivity index (χ0v) is 17.4. The molecule has 1 amide bonds. The maximum atomic E-state index is 11.0. The third-order valence-electron chi connectivity index (χ3n) is 3.53. The number of halogens is 1. The van der Waals surface area contributed by atoms with Crippen molar-refractivity contribution in [1.29, 1.82) is 0 Å². The SMILES string of the molecule is CCCCCCNC(=NC)NCCc1ccc(NC(C)=O)cc1.I. The van der Waals surface area contributed by atoms with Gasteiger partial charge < -0.3 is 16.0 Å². The van der Waals surface area contributed by atoms with E-state index >= 15 is 0 Å². The molecule has 1 aromatic rings. The van der Waals surface area contributed by atoms with Crippen LogP contribution in [-0.4, -0.2) is 32.0 Å². The summed E-state index contributed by atoms with van der Waals surface area (Å²) in [7, 11) is 1.80. The first-order valence-electron chi connectivity index (χ1n) is 8.46. The van der Waals surface area contributed by atoms with Crippen LogP contribution >= 0.6 is 24.0 Å². The van der Waals surface area contributed by atoms with Crippen LogP contribution in [-0.2, 0) is 11.2 Å². The summed E-state index contributed by atoms with van der Waals surface area (Å²) >= 11 is 0. The number of amides is 1. The van der Waals surface area contributed by atoms with E-state index in [1.54, 1.807) is 7.05 Å². The molecular weight excluding hydrogens is 415 g/mol. The Bertz CT molecular complexity index is 488. The summed E-state index contributed by atoms with van der Waals surface area (Å²) < 4.78 is 0. The predicted octanol–water partition coefficient (Wildman–Crippen LogP) is 3.55. The molecule has 0 saturated heterocycles. The van der Waals surface area contributed by atoms with Crippen molar-refractivity contribution >= 4 is 41.5 Å². The Morgan fingerprint density at radius 2 is 1.71 bits per heavy atom. The Labute approximate surface area is 163 Å². The number of aliphatic imine (C=N–C) groups is 1. The highest BCUT2D eigenvalue weighted by atomic mass is 127. The molecule has 3 N–H and O–H groups in total. The first kappa shape index (κ1) is 22.7. The number of nitrogens with zero attached hydrogens (tertiary/aromatic N) is 1. The average molecular weight is 446 g/mol. The minimum Gasteiger partial charge on any atom is -0.356 e. The molecule has 0 bridgehead atoms. The maximum absolute atomic E-state index is 11.0. The highest BCUT2D eigenvalue weighted by Crippen LogP contribution is 2.09. The zero-order valence-electron chi connectivity index (χ0n) is 15.0. The molecule has 0 heterocycles. The Kier molecular flexibility index (Phi) is 13.3. The van der Waals surface area contributed by atoms with Crippen molar-refractivity contribution in [1.82, 2.24) is 10.6 Å². The molecule has 0 aliphatic rings. The predicted molar refractivity (Wildman–Crippen MR) is 113 cm³/mol. The Morgan fingerprint density at radius 3 is 2.29 bits per heavy atom. The lowest BCUT2D eigenvalue weighted by Crippen LogP contribution is -2.38. The largest absolute Gasteiger partial charge is 0.356 e. The number of rotatable bonds is 9. The third-order valence-corrected chi connectivity index (χ3v) is 3.53. The van der Waals surface area contributed by atoms with Crippen LogP contribution in [0.3, 0.4) is 0 Å². The first-order valence-corrected chi connectivity index (χ1v) is 8.46. The molecule has 0 unspecified atom stereocenters. The van der Waals surface area contributed by atoms with E-state index in [1.165, 1.54) is 38.2 Å². The smallest absolute Gasteiger partial charge is 0.221 e. The molecule has 0 aliphatic carbocycles. The number of anilines is 1. The number of unbranched alkanes of at least 4 members (excludes halogenated alkanes) is 3. The van der Waals surface area contributed by atoms with Gasteiger partial charge in [0, 0.05) is 32.7 Å². The number of guanidine groups is 1. The Morgan fingerprint density at radius 1 is 1.04 bits per heavy atom. The molecule has 0 saturated carbocycles. The van der Waals surface area contributed by atoms with E-state index in [0.29, 0.717) is 0 Å². The van der Waals surface area contributed by atoms with Crippen molar-refractivity contribution in [3.8, 4) is 0 Å². The molecule has 5 nitrogen and oxygen atoms in total. The monoisotopic (exact) mass is 446 g/mol. The molecule has 0 spiro atoms. The van der Waals surface area contributed by atoms with E-state index in [4.69, 9.17) is 0 Å². The van der Waals surface area contributed by atoms with E-state index in [-0.39, 0.29) is 29.9 Å². The summed E-state index contributed by atoms with van der Waals surface area (Å²) in [5.41, 5.74) is 2.06. The van der Waals surface area contributed by atoms with Crippen LogP contribution in [0, 0.1) is 0 Å². The van der Waals surface area contributed by atoms with Gasteiger partial charge in [0.25, 0.3) is 0 Å². The standard InChI is InChI=1S/C18H30N4O.HI/c1-4-5-6-7-13-20-18(19-3)21-14-12-16-8-10-17(11-9-16)22-15(2)23;/h8-11H,4-7,12-14H2,1-3H3,(H,22,23)(H2,19,20,21);1H. The summed E-state index contributed by atoms with van der Waals surface area (Å²) in [6, 6.07) is 7.93. The van der Waals surface area contributed by atoms with Crippen LogP contribution < -0.4 is 16.0 Å². The Hall–Kier alpha value is -1.31. The van der Waals surface area contributed by atoms with Crippen molar-refractivity contribution in [2.24, 2.45) is 4.99 Å². The van der Waals surface area contributed by atoms with Gasteiger partial charge in [-0.05, 0) is 30.5 Å². The summed E-state index contributed by atoms with van der Waals surface area (Å²) in [5, 5.41) is 9.43. The normalized spacial score (nSPS) is 10.7. The minimum atomic E-state index is -0.0479. The van der Waals surface area contributed by atoms with Gasteiger partial charge in [-0.25, -0.2) is 0 Å². The molecular formula is C18H31IN4O. The van der Waals surface area contributed by atoms with E-state index in [2.05, 4.69) is 27.9 Å². The highest BCUT2D eigenvalue weighted by Gasteiger charge is 1.99. The molecule has 0 aliphatic heterocycles. The first-order chi connectivity index (χ1) is 11.2. The van der Waals surface area contributed by atoms with Crippen molar-refractivity contribution in [3.63, 3.8) is 0 Å². The van der Waals surface area contributed by atoms with Crippen LogP contribution in [0.5, 0.6) is 0 Å². The molecule has 0 atom stereocenters. The van der Waals surface area contributed by atoms with Crippen LogP contribution in [0.4, 0.5) is 5.69 Å². The second-order valence-corrected chi connectivity index (χ2v) is 5.61. The van der Waals surface area contributed by atoms with E-state index in [9.17, 15) is 4.79 Å². The zero-order chi connectivity index (χ0) is 16.9. The fourth-order valence-electron chi connectivity index (χ4n) is 2.26. The van der Waals surface area contributed by atoms with Gasteiger partial charge in [0.05, 0.1) is 0 Å². The molecule has 6 heteroatoms. The minimum absolute atomic E-state index is 0. The van der Waals surface area contributed by atoms with Gasteiger partial charge in [0.1, 0.15) is 0 Å². The molecule has 0 aromatic heterocycles. The molecule has 1 rings (SSSR count). The summed E-state index contributed by atoms with van der Waals surface area (Å²) in [5.74, 6) is 0.810. The Balaban J connectivity index is 0.00000529. The van der Waals surface area contributed by atoms with Gasteiger partial charge in [-0.15, -0.1) is 24.0 Å². The van der Waals surface area contributed by atoms with Crippen LogP contribution in [0.1, 0.15) is 45.1 Å². The van der Waals surface area contributed by atoms with E-state index in [0.717, 1.165) is 31.2 Å². The van der Waals surface area contributed by atoms with Crippen molar-refractivity contribution in [3.05, 3.63) is 29.8 Å². The highest BCUT2D eigenvalue weighted by molar-refractivity contribution is 14.0. The number of nitrogens with one attached hydrogen (secondary N) is 3. The second-order valence-electron chi connectivity index (χ2n) is 5.61. The van der Waals surface area contributed by atoms with Crippen LogP contribution in [0.25, 0.3) is 0 Å². The maximum Gasteiger partial charge on any atom is 0.221 e. The molecule has 0 fully saturated rings. The van der Waals surface area contributed by atoms with Crippen LogP contribution in [0.15, 0.2) is 29.3 Å². The fraction of sp³-hybridized carbons (Fsp3) is 0.556. The second kappa shape index (κ2) is 14.1. The summed E-state index contributed by atoms with van der Waals surface area (Å²) in [6.07, 6.45) is 5.91. The lowest BCUT2D eigenvalue weighted by Gasteiger charge is -2.12. The number of carbonyl (C=O) groups is 1. The molecule has 24 heavy (non-hydrogen) atoms. The summed E-state index contributed by atoms with van der Waals surface area (Å²) in [6.45, 7) is 5.52. The number of hydrogen-bond acceptors (Lipinski definition) is 2. The lowest BCUT2D eigenvalue weighted by atomic mass is 10.1. The lowest BCUT2D eigenvalue weighted by molar-refractivity contribution is -0.114. The quantitative estimate of drug-likeness (QED) is 0.235. The van der Waals surface area contributed by atoms with Gasteiger partial charge in [-0.2, -0.15) is 0 Å². The molecule has 0 radical (unpaired) electrons. The van der Waals surface area contributed by atoms with Crippen molar-refractivity contribution in [2.45, 2.75) is 46.0 Å². The number of benzene rings is 1. The van der Waals surface area contributed by atoms with Crippen LogP contribution in [0.2, 0.25) is 0 Å². The number of hydrogen-bond donors (Lipinski definition) is 3. The third kappa shape index (κ3) is 10.5. The van der Waals surface area contributed by atoms with Gasteiger partial charge in [-0.3, -0.25) is 9.79 Å². The van der Waals surface area contributed by atoms with E-state index in [1.807, 2.05) is 24.3 Å². The molecule has 136 valence electrons. The topological polar surface area (TPSA) is 65.5 Å². The van der Waals surface area contributed by atoms with Gasteiger partial charge in [0.15, 0.2) is 5.96 Å². The van der Waals surface area contributed by atoms with Crippen molar-refractivity contribution < 1.29 is 4.79 Å². The van der Waals surface area contributed by atoms with Gasteiger partial charge >= 0.3 is 0 Å². The summed E-state index contributed by atoms with van der Waals surface area (Å²) in [4.78, 5) is 15.2. The van der Waals surface area contributed by atoms with Crippen molar-refractivity contribution in [2.75, 3.05) is 25.5 Å².